The molecule has 2 rings (SSSR count). The second-order valence-electron chi connectivity index (χ2n) is 3.82. The summed E-state index contributed by atoms with van der Waals surface area (Å²) in [4.78, 5) is 11.2. The number of hydrogen-bond donors (Lipinski definition) is 1. The van der Waals surface area contributed by atoms with Gasteiger partial charge in [-0.05, 0) is 19.8 Å². The molecule has 1 N–H and O–H groups in total. The molecule has 1 saturated carbocycles. The molecule has 0 bridgehead atoms. The average Bonchev–Trinajstić information content (AvgIpc) is 3.00. The number of carbonyl (C=O) groups is 1. The molecule has 0 aliphatic heterocycles. The number of aryl methyl sites for hydroxylation is 1. The lowest BCUT2D eigenvalue weighted by Gasteiger charge is -1.95. The fourth-order valence-electron chi connectivity index (χ4n) is 1.24. The molecule has 0 unspecified atom stereocenters. The summed E-state index contributed by atoms with van der Waals surface area (Å²) in [5, 5.41) is 7.97. The molecule has 1 amide bonds. The van der Waals surface area contributed by atoms with Crippen LogP contribution in [0.1, 0.15) is 24.1 Å². The van der Waals surface area contributed by atoms with E-state index in [2.05, 4.69) is 15.6 Å². The number of rotatable bonds is 3. The van der Waals surface area contributed by atoms with Gasteiger partial charge in [-0.25, -0.2) is 5.43 Å². The lowest BCUT2D eigenvalue weighted by atomic mass is 10.3. The average molecular weight is 206 g/mol. The Labute approximate surface area is 88.2 Å². The van der Waals surface area contributed by atoms with Crippen molar-refractivity contribution in [2.75, 3.05) is 0 Å². The van der Waals surface area contributed by atoms with Crippen LogP contribution in [-0.2, 0) is 11.8 Å². The lowest BCUT2D eigenvalue weighted by Crippen LogP contribution is -2.18. The van der Waals surface area contributed by atoms with Crippen molar-refractivity contribution in [2.24, 2.45) is 18.1 Å². The van der Waals surface area contributed by atoms with Crippen LogP contribution < -0.4 is 5.43 Å². The molecule has 0 radical (unpaired) electrons. The first-order chi connectivity index (χ1) is 7.18. The van der Waals surface area contributed by atoms with E-state index >= 15 is 0 Å². The van der Waals surface area contributed by atoms with Crippen LogP contribution in [0.15, 0.2) is 11.3 Å². The molecular weight excluding hydrogens is 192 g/mol. The van der Waals surface area contributed by atoms with E-state index in [4.69, 9.17) is 0 Å². The van der Waals surface area contributed by atoms with Crippen molar-refractivity contribution in [1.82, 2.24) is 15.2 Å². The van der Waals surface area contributed by atoms with Crippen LogP contribution in [0.25, 0.3) is 0 Å². The van der Waals surface area contributed by atoms with Crippen molar-refractivity contribution in [2.45, 2.75) is 19.8 Å². The molecule has 1 aromatic heterocycles. The molecule has 1 aliphatic carbocycles. The van der Waals surface area contributed by atoms with E-state index in [-0.39, 0.29) is 11.8 Å². The van der Waals surface area contributed by atoms with Crippen LogP contribution in [-0.4, -0.2) is 21.9 Å². The second kappa shape index (κ2) is 3.84. The Morgan fingerprint density at radius 2 is 2.47 bits per heavy atom. The maximum absolute atomic E-state index is 11.2. The molecule has 0 saturated heterocycles. The highest BCUT2D eigenvalue weighted by Crippen LogP contribution is 2.28. The van der Waals surface area contributed by atoms with Crippen LogP contribution in [0.2, 0.25) is 0 Å². The summed E-state index contributed by atoms with van der Waals surface area (Å²) in [6.07, 6.45) is 5.34. The summed E-state index contributed by atoms with van der Waals surface area (Å²) in [6, 6.07) is 0. The highest BCUT2D eigenvalue weighted by atomic mass is 16.2. The van der Waals surface area contributed by atoms with Crippen LogP contribution in [0.4, 0.5) is 0 Å². The van der Waals surface area contributed by atoms with Crippen molar-refractivity contribution in [3.05, 3.63) is 17.5 Å². The Kier molecular flexibility index (Phi) is 2.53. The molecule has 1 fully saturated rings. The normalized spacial score (nSPS) is 15.9. The Balaban J connectivity index is 1.93. The zero-order valence-corrected chi connectivity index (χ0v) is 8.90. The third-order valence-electron chi connectivity index (χ3n) is 2.60. The van der Waals surface area contributed by atoms with Crippen LogP contribution >= 0.6 is 0 Å². The molecule has 80 valence electrons. The minimum atomic E-state index is 0.0211. The number of nitrogens with zero attached hydrogens (tertiary/aromatic N) is 3. The molecule has 1 aromatic rings. The van der Waals surface area contributed by atoms with Crippen molar-refractivity contribution in [3.63, 3.8) is 0 Å². The molecule has 0 aromatic carbocycles. The predicted molar refractivity (Wildman–Crippen MR) is 56.4 cm³/mol. The second-order valence-corrected chi connectivity index (χ2v) is 3.82. The van der Waals surface area contributed by atoms with Gasteiger partial charge in [-0.15, -0.1) is 0 Å². The first-order valence-electron chi connectivity index (χ1n) is 5.00. The highest BCUT2D eigenvalue weighted by Gasteiger charge is 2.29. The molecule has 1 heterocycles. The standard InChI is InChI=1S/C10H14N4O/c1-7-9(6-12-14(7)2)5-11-13-10(15)8-3-4-8/h5-6,8H,3-4H2,1-2H3,(H,13,15). The Hall–Kier alpha value is -1.65. The van der Waals surface area contributed by atoms with E-state index in [0.29, 0.717) is 0 Å². The predicted octanol–water partition coefficient (Wildman–Crippen LogP) is 0.589. The maximum Gasteiger partial charge on any atom is 0.243 e. The summed E-state index contributed by atoms with van der Waals surface area (Å²) >= 11 is 0. The van der Waals surface area contributed by atoms with Gasteiger partial charge in [0.1, 0.15) is 0 Å². The first kappa shape index (κ1) is 9.89. The summed E-state index contributed by atoms with van der Waals surface area (Å²) in [5.41, 5.74) is 4.47. The minimum absolute atomic E-state index is 0.0211. The van der Waals surface area contributed by atoms with E-state index in [1.807, 2.05) is 14.0 Å². The van der Waals surface area contributed by atoms with Gasteiger partial charge in [-0.2, -0.15) is 10.2 Å². The molecule has 15 heavy (non-hydrogen) atoms. The van der Waals surface area contributed by atoms with E-state index < -0.39 is 0 Å². The number of hydrazone groups is 1. The topological polar surface area (TPSA) is 59.3 Å². The minimum Gasteiger partial charge on any atom is -0.273 e. The summed E-state index contributed by atoms with van der Waals surface area (Å²) in [7, 11) is 1.87. The monoisotopic (exact) mass is 206 g/mol. The third kappa shape index (κ3) is 2.23. The van der Waals surface area contributed by atoms with Crippen LogP contribution in [0.5, 0.6) is 0 Å². The Morgan fingerprint density at radius 1 is 1.73 bits per heavy atom. The molecule has 0 atom stereocenters. The van der Waals surface area contributed by atoms with E-state index in [0.717, 1.165) is 24.1 Å². The number of hydrogen-bond acceptors (Lipinski definition) is 3. The van der Waals surface area contributed by atoms with Crippen molar-refractivity contribution >= 4 is 12.1 Å². The fourth-order valence-corrected chi connectivity index (χ4v) is 1.24. The van der Waals surface area contributed by atoms with E-state index in [1.54, 1.807) is 17.1 Å². The van der Waals surface area contributed by atoms with E-state index in [9.17, 15) is 4.79 Å². The number of aromatic nitrogens is 2. The van der Waals surface area contributed by atoms with Crippen LogP contribution in [0, 0.1) is 12.8 Å². The summed E-state index contributed by atoms with van der Waals surface area (Å²) < 4.78 is 1.77. The van der Waals surface area contributed by atoms with Gasteiger partial charge in [-0.1, -0.05) is 0 Å². The summed E-state index contributed by atoms with van der Waals surface area (Å²) in [6.45, 7) is 1.96. The first-order valence-corrected chi connectivity index (χ1v) is 5.00. The molecular formula is C10H14N4O. The van der Waals surface area contributed by atoms with E-state index in [1.165, 1.54) is 0 Å². The molecule has 5 nitrogen and oxygen atoms in total. The third-order valence-corrected chi connectivity index (χ3v) is 2.60. The highest BCUT2D eigenvalue weighted by molar-refractivity contribution is 5.84. The zero-order valence-electron chi connectivity index (χ0n) is 8.90. The van der Waals surface area contributed by atoms with Crippen LogP contribution in [0.3, 0.4) is 0 Å². The summed E-state index contributed by atoms with van der Waals surface area (Å²) in [5.74, 6) is 0.213. The van der Waals surface area contributed by atoms with Gasteiger partial charge in [0, 0.05) is 24.2 Å². The smallest absolute Gasteiger partial charge is 0.243 e. The van der Waals surface area contributed by atoms with Crippen molar-refractivity contribution in [1.29, 1.82) is 0 Å². The van der Waals surface area contributed by atoms with Gasteiger partial charge in [0.15, 0.2) is 0 Å². The SMILES string of the molecule is Cc1c(C=NNC(=O)C2CC2)cnn1C. The van der Waals surface area contributed by atoms with Gasteiger partial charge in [0.2, 0.25) is 5.91 Å². The Bertz CT molecular complexity index is 404. The number of carbonyl (C=O) groups excluding carboxylic acids is 1. The molecule has 1 aliphatic rings. The number of amides is 1. The number of nitrogens with one attached hydrogen (secondary N) is 1. The quantitative estimate of drug-likeness (QED) is 0.581. The van der Waals surface area contributed by atoms with Gasteiger partial charge in [-0.3, -0.25) is 9.48 Å². The maximum atomic E-state index is 11.2. The molecule has 0 spiro atoms. The van der Waals surface area contributed by atoms with Gasteiger partial charge < -0.3 is 0 Å². The Morgan fingerprint density at radius 3 is 3.00 bits per heavy atom. The van der Waals surface area contributed by atoms with Gasteiger partial charge >= 0.3 is 0 Å². The molecule has 5 heteroatoms. The zero-order chi connectivity index (χ0) is 10.8. The fraction of sp³-hybridized carbons (Fsp3) is 0.500. The lowest BCUT2D eigenvalue weighted by molar-refractivity contribution is -0.122. The van der Waals surface area contributed by atoms with Crippen molar-refractivity contribution in [3.8, 4) is 0 Å². The largest absolute Gasteiger partial charge is 0.273 e. The van der Waals surface area contributed by atoms with Crippen molar-refractivity contribution < 1.29 is 4.79 Å². The van der Waals surface area contributed by atoms with Gasteiger partial charge in [0.25, 0.3) is 0 Å². The van der Waals surface area contributed by atoms with Gasteiger partial charge in [0.05, 0.1) is 12.4 Å².